The highest BCUT2D eigenvalue weighted by Gasteiger charge is 2.53. The molecule has 2 fully saturated rings. The van der Waals surface area contributed by atoms with Crippen LogP contribution in [0.5, 0.6) is 0 Å². The lowest BCUT2D eigenvalue weighted by Gasteiger charge is -2.42. The van der Waals surface area contributed by atoms with Crippen LogP contribution < -0.4 is 0 Å². The maximum absolute atomic E-state index is 12.9. The first kappa shape index (κ1) is 17.5. The van der Waals surface area contributed by atoms with Crippen molar-refractivity contribution in [2.24, 2.45) is 5.41 Å². The van der Waals surface area contributed by atoms with Crippen molar-refractivity contribution < 1.29 is 4.79 Å². The highest BCUT2D eigenvalue weighted by molar-refractivity contribution is 6.31. The maximum Gasteiger partial charge on any atom is 0.227 e. The van der Waals surface area contributed by atoms with Gasteiger partial charge in [0.2, 0.25) is 5.91 Å². The van der Waals surface area contributed by atoms with Gasteiger partial charge in [0.15, 0.2) is 0 Å². The number of rotatable bonds is 5. The van der Waals surface area contributed by atoms with E-state index in [0.29, 0.717) is 17.4 Å². The molecule has 2 aromatic rings. The number of amides is 1. The molecule has 1 aliphatic carbocycles. The van der Waals surface area contributed by atoms with Gasteiger partial charge in [-0.05, 0) is 36.3 Å². The van der Waals surface area contributed by atoms with Crippen molar-refractivity contribution in [3.63, 3.8) is 0 Å². The normalized spacial score (nSPS) is 21.2. The molecule has 1 atom stereocenters. The molecule has 2 aliphatic rings. The highest BCUT2D eigenvalue weighted by Crippen LogP contribution is 2.55. The largest absolute Gasteiger partial charge is 0.341 e. The number of aryl methyl sites for hydroxylation is 1. The zero-order valence-electron chi connectivity index (χ0n) is 15.2. The van der Waals surface area contributed by atoms with Crippen LogP contribution >= 0.6 is 11.6 Å². The van der Waals surface area contributed by atoms with E-state index in [4.69, 9.17) is 11.6 Å². The molecule has 1 unspecified atom stereocenters. The lowest BCUT2D eigenvalue weighted by molar-refractivity contribution is -0.130. The fraction of sp³-hybridized carbons (Fsp3) is 0.550. The summed E-state index contributed by atoms with van der Waals surface area (Å²) in [4.78, 5) is 15.0. The number of nitrogens with zero attached hydrogens (tertiary/aromatic N) is 4. The van der Waals surface area contributed by atoms with Gasteiger partial charge in [-0.3, -0.25) is 4.79 Å². The molecule has 138 valence electrons. The van der Waals surface area contributed by atoms with Crippen molar-refractivity contribution in [1.29, 1.82) is 0 Å². The first-order chi connectivity index (χ1) is 12.6. The summed E-state index contributed by atoms with van der Waals surface area (Å²) < 4.78 is 2.17. The van der Waals surface area contributed by atoms with E-state index in [9.17, 15) is 4.79 Å². The van der Waals surface area contributed by atoms with Crippen LogP contribution in [0.2, 0.25) is 5.02 Å². The van der Waals surface area contributed by atoms with Crippen LogP contribution in [-0.2, 0) is 17.8 Å². The molecule has 1 aromatic carbocycles. The van der Waals surface area contributed by atoms with Gasteiger partial charge in [-0.15, -0.1) is 10.2 Å². The summed E-state index contributed by atoms with van der Waals surface area (Å²) in [7, 11) is 0. The van der Waals surface area contributed by atoms with Gasteiger partial charge in [0.05, 0.1) is 6.42 Å². The van der Waals surface area contributed by atoms with E-state index < -0.39 is 0 Å². The molecular weight excluding hydrogens is 348 g/mol. The number of aromatic nitrogens is 3. The lowest BCUT2D eigenvalue weighted by atomic mass is 9.62. The van der Waals surface area contributed by atoms with E-state index in [0.717, 1.165) is 37.4 Å². The molecule has 1 saturated heterocycles. The number of benzene rings is 1. The van der Waals surface area contributed by atoms with Gasteiger partial charge in [0.25, 0.3) is 0 Å². The minimum absolute atomic E-state index is 0.161. The number of carbonyl (C=O) groups is 1. The fourth-order valence-corrected chi connectivity index (χ4v) is 4.72. The Labute approximate surface area is 159 Å². The van der Waals surface area contributed by atoms with E-state index in [2.05, 4.69) is 21.7 Å². The molecule has 5 nitrogen and oxygen atoms in total. The van der Waals surface area contributed by atoms with Crippen molar-refractivity contribution in [3.8, 4) is 0 Å². The summed E-state index contributed by atoms with van der Waals surface area (Å²) in [5, 5.41) is 9.25. The quantitative estimate of drug-likeness (QED) is 0.804. The zero-order valence-corrected chi connectivity index (χ0v) is 16.0. The highest BCUT2D eigenvalue weighted by atomic mass is 35.5. The summed E-state index contributed by atoms with van der Waals surface area (Å²) in [6, 6.07) is 7.61. The van der Waals surface area contributed by atoms with Crippen LogP contribution in [0, 0.1) is 5.41 Å². The Bertz CT molecular complexity index is 799. The van der Waals surface area contributed by atoms with Gasteiger partial charge in [-0.2, -0.15) is 0 Å². The Balaban J connectivity index is 1.54. The topological polar surface area (TPSA) is 51.0 Å². The minimum Gasteiger partial charge on any atom is -0.341 e. The predicted octanol–water partition coefficient (Wildman–Crippen LogP) is 3.68. The Kier molecular flexibility index (Phi) is 4.74. The average molecular weight is 373 g/mol. The standard InChI is InChI=1S/C20H25ClN4O/c1-2-10-24-14-22-23-19(24)16-12-25(13-20(16)8-5-9-20)18(26)11-15-6-3-4-7-17(15)21/h3-4,6-7,14,16H,2,5,8-13H2,1H3. The predicted molar refractivity (Wildman–Crippen MR) is 101 cm³/mol. The Hall–Kier alpha value is -1.88. The molecule has 0 bridgehead atoms. The van der Waals surface area contributed by atoms with Crippen molar-refractivity contribution in [3.05, 3.63) is 47.0 Å². The van der Waals surface area contributed by atoms with Crippen molar-refractivity contribution in [2.75, 3.05) is 13.1 Å². The fourth-order valence-electron chi connectivity index (χ4n) is 4.52. The summed E-state index contributed by atoms with van der Waals surface area (Å²) >= 11 is 6.24. The molecule has 0 radical (unpaired) electrons. The van der Waals surface area contributed by atoms with Crippen molar-refractivity contribution >= 4 is 17.5 Å². The molecule has 4 rings (SSSR count). The maximum atomic E-state index is 12.9. The van der Waals surface area contributed by atoms with Gasteiger partial charge >= 0.3 is 0 Å². The second-order valence-electron chi connectivity index (χ2n) is 7.69. The number of hydrogen-bond donors (Lipinski definition) is 0. The van der Waals surface area contributed by atoms with Gasteiger partial charge in [0.1, 0.15) is 12.2 Å². The van der Waals surface area contributed by atoms with Crippen molar-refractivity contribution in [1.82, 2.24) is 19.7 Å². The Morgan fingerprint density at radius 2 is 2.15 bits per heavy atom. The van der Waals surface area contributed by atoms with E-state index in [1.807, 2.05) is 35.5 Å². The van der Waals surface area contributed by atoms with E-state index in [1.165, 1.54) is 19.3 Å². The molecule has 0 N–H and O–H groups in total. The third kappa shape index (κ3) is 3.02. The first-order valence-electron chi connectivity index (χ1n) is 9.52. The molecular formula is C20H25ClN4O. The van der Waals surface area contributed by atoms with E-state index in [-0.39, 0.29) is 11.3 Å². The first-order valence-corrected chi connectivity index (χ1v) is 9.89. The molecule has 1 saturated carbocycles. The van der Waals surface area contributed by atoms with Gasteiger partial charge in [0, 0.05) is 30.6 Å². The second-order valence-corrected chi connectivity index (χ2v) is 8.10. The minimum atomic E-state index is 0.161. The van der Waals surface area contributed by atoms with Crippen LogP contribution in [0.25, 0.3) is 0 Å². The third-order valence-electron chi connectivity index (χ3n) is 6.07. The summed E-state index contributed by atoms with van der Waals surface area (Å²) in [5.74, 6) is 1.51. The molecule has 6 heteroatoms. The summed E-state index contributed by atoms with van der Waals surface area (Å²) in [6.45, 7) is 4.67. The molecule has 26 heavy (non-hydrogen) atoms. The van der Waals surface area contributed by atoms with Crippen LogP contribution in [-0.4, -0.2) is 38.7 Å². The van der Waals surface area contributed by atoms with Gasteiger partial charge in [-0.25, -0.2) is 0 Å². The Morgan fingerprint density at radius 3 is 2.85 bits per heavy atom. The number of hydrogen-bond acceptors (Lipinski definition) is 3. The molecule has 1 aromatic heterocycles. The van der Waals surface area contributed by atoms with Crippen LogP contribution in [0.15, 0.2) is 30.6 Å². The summed E-state index contributed by atoms with van der Waals surface area (Å²) in [5.41, 5.74) is 1.09. The zero-order chi connectivity index (χ0) is 18.1. The molecule has 2 heterocycles. The molecule has 1 spiro atoms. The van der Waals surface area contributed by atoms with E-state index >= 15 is 0 Å². The number of halogens is 1. The monoisotopic (exact) mass is 372 g/mol. The van der Waals surface area contributed by atoms with Gasteiger partial charge < -0.3 is 9.47 Å². The smallest absolute Gasteiger partial charge is 0.227 e. The Morgan fingerprint density at radius 1 is 1.35 bits per heavy atom. The lowest BCUT2D eigenvalue weighted by Crippen LogP contribution is -2.38. The number of likely N-dealkylation sites (tertiary alicyclic amines) is 1. The SMILES string of the molecule is CCCn1cnnc1C1CN(C(=O)Cc2ccccc2Cl)CC12CCC2. The van der Waals surface area contributed by atoms with Crippen LogP contribution in [0.1, 0.15) is 49.9 Å². The second kappa shape index (κ2) is 7.03. The van der Waals surface area contributed by atoms with E-state index in [1.54, 1.807) is 0 Å². The summed E-state index contributed by atoms with van der Waals surface area (Å²) in [6.07, 6.45) is 6.84. The molecule has 1 aliphatic heterocycles. The third-order valence-corrected chi connectivity index (χ3v) is 6.44. The van der Waals surface area contributed by atoms with Gasteiger partial charge in [-0.1, -0.05) is 43.1 Å². The van der Waals surface area contributed by atoms with Crippen LogP contribution in [0.3, 0.4) is 0 Å². The number of carbonyl (C=O) groups excluding carboxylic acids is 1. The van der Waals surface area contributed by atoms with Crippen LogP contribution in [0.4, 0.5) is 0 Å². The average Bonchev–Trinajstić information content (AvgIpc) is 3.21. The molecule has 1 amide bonds. The van der Waals surface area contributed by atoms with Crippen molar-refractivity contribution in [2.45, 2.75) is 51.5 Å².